The van der Waals surface area contributed by atoms with Gasteiger partial charge in [-0.3, -0.25) is 24.1 Å². The zero-order valence-corrected chi connectivity index (χ0v) is 28.9. The summed E-state index contributed by atoms with van der Waals surface area (Å²) in [6, 6.07) is 9.93. The van der Waals surface area contributed by atoms with Crippen LogP contribution in [0, 0.1) is 5.92 Å². The predicted octanol–water partition coefficient (Wildman–Crippen LogP) is 7.09. The number of carbonyl (C=O) groups is 4. The lowest BCUT2D eigenvalue weighted by Crippen LogP contribution is -2.58. The van der Waals surface area contributed by atoms with E-state index in [1.54, 1.807) is 12.1 Å². The molecule has 3 N–H and O–H groups in total. The van der Waals surface area contributed by atoms with Gasteiger partial charge in [0.05, 0.1) is 18.8 Å². The number of Topliss-reactive ketones (excluding diaryl/α,β-unsaturated/α-hetero) is 1. The van der Waals surface area contributed by atoms with Crippen LogP contribution in [0.3, 0.4) is 0 Å². The minimum absolute atomic E-state index is 0.0350. The summed E-state index contributed by atoms with van der Waals surface area (Å²) in [7, 11) is 1.37. The fourth-order valence-electron chi connectivity index (χ4n) is 4.81. The number of ketones is 1. The number of aromatic hydroxyl groups is 1. The Hall–Kier alpha value is -4.14. The summed E-state index contributed by atoms with van der Waals surface area (Å²) in [4.78, 5) is 54.3. The first-order valence-electron chi connectivity index (χ1n) is 14.7. The van der Waals surface area contributed by atoms with Crippen molar-refractivity contribution in [2.45, 2.75) is 50.9 Å². The maximum absolute atomic E-state index is 15.0. The Labute approximate surface area is 298 Å². The zero-order chi connectivity index (χ0) is 37.6. The quantitative estimate of drug-likeness (QED) is 0.119. The highest BCUT2D eigenvalue weighted by molar-refractivity contribution is 6.34. The van der Waals surface area contributed by atoms with Crippen LogP contribution in [0.15, 0.2) is 60.7 Å². The third-order valence-corrected chi connectivity index (χ3v) is 7.92. The molecule has 270 valence electrons. The molecule has 0 saturated carbocycles. The summed E-state index contributed by atoms with van der Waals surface area (Å²) in [6.07, 6.45) is -5.33. The van der Waals surface area contributed by atoms with E-state index in [1.807, 2.05) is 0 Å². The van der Waals surface area contributed by atoms with Crippen molar-refractivity contribution in [3.8, 4) is 11.5 Å². The number of aryl methyl sites for hydroxylation is 1. The van der Waals surface area contributed by atoms with Crippen LogP contribution in [0.1, 0.15) is 37.4 Å². The summed E-state index contributed by atoms with van der Waals surface area (Å²) < 4.78 is 73.0. The minimum atomic E-state index is -5.05. The second-order valence-electron chi connectivity index (χ2n) is 11.3. The van der Waals surface area contributed by atoms with Gasteiger partial charge in [0.1, 0.15) is 24.1 Å². The Morgan fingerprint density at radius 2 is 1.48 bits per heavy atom. The van der Waals surface area contributed by atoms with Gasteiger partial charge in [-0.15, -0.1) is 0 Å². The van der Waals surface area contributed by atoms with Gasteiger partial charge in [-0.05, 0) is 65.9 Å². The molecule has 0 aliphatic heterocycles. The minimum Gasteiger partial charge on any atom is -0.506 e. The van der Waals surface area contributed by atoms with Crippen molar-refractivity contribution >= 4 is 64.0 Å². The van der Waals surface area contributed by atoms with E-state index >= 15 is 0 Å². The fraction of sp³-hybridized carbons (Fsp3) is 0.333. The van der Waals surface area contributed by atoms with Gasteiger partial charge in [-0.2, -0.15) is 22.0 Å². The number of amides is 3. The number of hydrogen-bond donors (Lipinski definition) is 3. The number of alkyl halides is 5. The Morgan fingerprint density at radius 3 is 2.00 bits per heavy atom. The van der Waals surface area contributed by atoms with E-state index in [0.717, 1.165) is 16.3 Å². The van der Waals surface area contributed by atoms with Crippen molar-refractivity contribution in [1.29, 1.82) is 0 Å². The van der Waals surface area contributed by atoms with E-state index in [1.165, 1.54) is 63.4 Å². The molecule has 3 aromatic rings. The van der Waals surface area contributed by atoms with Crippen molar-refractivity contribution in [1.82, 2.24) is 10.6 Å². The number of phenols is 1. The highest BCUT2D eigenvalue weighted by Crippen LogP contribution is 2.37. The van der Waals surface area contributed by atoms with E-state index in [9.17, 15) is 46.2 Å². The number of nitrogens with zero attached hydrogens (tertiary/aromatic N) is 1. The van der Waals surface area contributed by atoms with E-state index in [-0.39, 0.29) is 39.2 Å². The molecule has 17 heteroatoms. The molecule has 9 nitrogen and oxygen atoms in total. The van der Waals surface area contributed by atoms with Gasteiger partial charge in [0.25, 0.3) is 5.91 Å². The van der Waals surface area contributed by atoms with Crippen LogP contribution in [-0.2, 0) is 25.6 Å². The predicted molar refractivity (Wildman–Crippen MR) is 177 cm³/mol. The summed E-state index contributed by atoms with van der Waals surface area (Å²) in [5.41, 5.74) is 0.364. The van der Waals surface area contributed by atoms with Crippen LogP contribution >= 0.6 is 34.8 Å². The number of benzene rings is 3. The SMILES string of the molecule is COc1ccc([C@@H](C(=O)N[C@H](C(=O)C(F)(F)C(=O)NCC(F)(F)F)C(C)C)N(C(=O)CCc2cc(Cl)cc(Cl)c2)c2ccc(Cl)cc2O)cc1. The number of hydrogen-bond acceptors (Lipinski definition) is 6. The van der Waals surface area contributed by atoms with Gasteiger partial charge >= 0.3 is 12.1 Å². The maximum Gasteiger partial charge on any atom is 0.405 e. The summed E-state index contributed by atoms with van der Waals surface area (Å²) >= 11 is 18.2. The van der Waals surface area contributed by atoms with Gasteiger partial charge in [-0.25, -0.2) is 0 Å². The molecule has 50 heavy (non-hydrogen) atoms. The van der Waals surface area contributed by atoms with Crippen molar-refractivity contribution in [3.05, 3.63) is 86.9 Å². The molecule has 0 aliphatic rings. The number of halogens is 8. The lowest BCUT2D eigenvalue weighted by atomic mass is 9.94. The highest BCUT2D eigenvalue weighted by atomic mass is 35.5. The third-order valence-electron chi connectivity index (χ3n) is 7.24. The molecule has 0 unspecified atom stereocenters. The lowest BCUT2D eigenvalue weighted by Gasteiger charge is -2.34. The molecule has 3 aromatic carbocycles. The number of carbonyl (C=O) groups excluding carboxylic acids is 4. The van der Waals surface area contributed by atoms with Crippen LogP contribution < -0.4 is 20.3 Å². The Morgan fingerprint density at radius 1 is 0.880 bits per heavy atom. The first kappa shape index (κ1) is 40.3. The molecule has 0 aromatic heterocycles. The van der Waals surface area contributed by atoms with Gasteiger partial charge < -0.3 is 20.5 Å². The summed E-state index contributed by atoms with van der Waals surface area (Å²) in [5.74, 6) is -13.1. The molecule has 3 rings (SSSR count). The standard InChI is InChI=1S/C33H31Cl3F5N3O6/c1-17(2)27(29(47)33(40,41)31(49)42-16-32(37,38)39)43-30(48)28(19-5-8-23(50-3)9-6-19)44(24-10-7-20(34)15-25(24)45)26(46)11-4-18-12-21(35)14-22(36)13-18/h5-10,12-15,17,27-28,45H,4,11,16H2,1-3H3,(H,42,49)(H,43,48)/t27-,28-/m0/s1. The first-order chi connectivity index (χ1) is 23.2. The fourth-order valence-corrected chi connectivity index (χ4v) is 5.55. The van der Waals surface area contributed by atoms with E-state index in [2.05, 4.69) is 5.32 Å². The molecule has 2 atom stereocenters. The third kappa shape index (κ3) is 10.4. The molecule has 0 saturated heterocycles. The first-order valence-corrected chi connectivity index (χ1v) is 15.9. The van der Waals surface area contributed by atoms with Crippen molar-refractivity contribution < 1.29 is 51.0 Å². The van der Waals surface area contributed by atoms with E-state index < -0.39 is 65.9 Å². The largest absolute Gasteiger partial charge is 0.506 e. The molecule has 0 fully saturated rings. The van der Waals surface area contributed by atoms with E-state index in [0.29, 0.717) is 11.3 Å². The molecule has 0 aliphatic carbocycles. The molecule has 0 radical (unpaired) electrons. The number of methoxy groups -OCH3 is 1. The summed E-state index contributed by atoms with van der Waals surface area (Å²) in [5, 5.41) is 14.7. The van der Waals surface area contributed by atoms with Crippen LogP contribution in [0.5, 0.6) is 11.5 Å². The summed E-state index contributed by atoms with van der Waals surface area (Å²) in [6.45, 7) is 0.369. The number of rotatable bonds is 14. The molecular formula is C33H31Cl3F5N3O6. The Bertz CT molecular complexity index is 1700. The van der Waals surface area contributed by atoms with Crippen molar-refractivity contribution in [2.24, 2.45) is 5.92 Å². The second-order valence-corrected chi connectivity index (χ2v) is 12.6. The van der Waals surface area contributed by atoms with Gasteiger partial charge in [0, 0.05) is 27.6 Å². The average molecular weight is 767 g/mol. The van der Waals surface area contributed by atoms with Gasteiger partial charge in [-0.1, -0.05) is 60.8 Å². The van der Waals surface area contributed by atoms with Crippen LogP contribution in [0.25, 0.3) is 0 Å². The lowest BCUT2D eigenvalue weighted by molar-refractivity contribution is -0.165. The molecular weight excluding hydrogens is 736 g/mol. The molecule has 3 amide bonds. The maximum atomic E-state index is 15.0. The normalized spacial score (nSPS) is 13.0. The molecule has 0 heterocycles. The number of anilines is 1. The Kier molecular flexibility index (Phi) is 13.5. The average Bonchev–Trinajstić information content (AvgIpc) is 3.03. The van der Waals surface area contributed by atoms with Crippen LogP contribution in [-0.4, -0.2) is 60.4 Å². The Balaban J connectivity index is 2.11. The zero-order valence-electron chi connectivity index (χ0n) is 26.6. The monoisotopic (exact) mass is 765 g/mol. The molecule has 0 bridgehead atoms. The number of nitrogens with one attached hydrogen (secondary N) is 2. The second kappa shape index (κ2) is 16.7. The van der Waals surface area contributed by atoms with Crippen LogP contribution in [0.4, 0.5) is 27.6 Å². The van der Waals surface area contributed by atoms with Gasteiger partial charge in [0.15, 0.2) is 0 Å². The van der Waals surface area contributed by atoms with Gasteiger partial charge in [0.2, 0.25) is 17.6 Å². The number of ether oxygens (including phenoxy) is 1. The smallest absolute Gasteiger partial charge is 0.405 e. The molecule has 0 spiro atoms. The number of phenolic OH excluding ortho intramolecular Hbond substituents is 1. The van der Waals surface area contributed by atoms with E-state index in [4.69, 9.17) is 39.5 Å². The van der Waals surface area contributed by atoms with Crippen molar-refractivity contribution in [2.75, 3.05) is 18.6 Å². The van der Waals surface area contributed by atoms with Crippen LogP contribution in [0.2, 0.25) is 15.1 Å². The topological polar surface area (TPSA) is 125 Å². The van der Waals surface area contributed by atoms with Crippen molar-refractivity contribution in [3.63, 3.8) is 0 Å². The highest BCUT2D eigenvalue weighted by Gasteiger charge is 2.52.